The number of nitrogens with zero attached hydrogens (tertiary/aromatic N) is 4. The van der Waals surface area contributed by atoms with Crippen molar-refractivity contribution in [2.75, 3.05) is 26.2 Å². The molecule has 1 aliphatic heterocycles. The summed E-state index contributed by atoms with van der Waals surface area (Å²) in [5.41, 5.74) is 2.99. The third-order valence-electron chi connectivity index (χ3n) is 4.85. The fraction of sp³-hybridized carbons (Fsp3) is 0.526. The zero-order chi connectivity index (χ0) is 18.4. The fourth-order valence-electron chi connectivity index (χ4n) is 3.48. The average Bonchev–Trinajstić information content (AvgIpc) is 3.03. The molecule has 1 N–H and O–H groups in total. The standard InChI is InChI=1S/C19H27N5O2/c1-22-15-17(14-20-10-5-13-23-11-3-2-4-12-23)19(21-22)16-6-8-18(9-7-16)24(25)26/h6-9,15,20H,2-5,10-14H2,1H3. The number of aromatic nitrogens is 2. The Morgan fingerprint density at radius 2 is 1.92 bits per heavy atom. The number of aryl methyl sites for hydroxylation is 1. The number of nitro groups is 1. The Bertz CT molecular complexity index is 720. The molecule has 0 unspecified atom stereocenters. The molecule has 2 heterocycles. The lowest BCUT2D eigenvalue weighted by atomic mass is 10.1. The maximum atomic E-state index is 10.8. The van der Waals surface area contributed by atoms with Gasteiger partial charge in [-0.2, -0.15) is 5.10 Å². The zero-order valence-electron chi connectivity index (χ0n) is 15.4. The van der Waals surface area contributed by atoms with Gasteiger partial charge in [-0.25, -0.2) is 0 Å². The van der Waals surface area contributed by atoms with Crippen molar-refractivity contribution >= 4 is 5.69 Å². The van der Waals surface area contributed by atoms with Gasteiger partial charge in [0.15, 0.2) is 0 Å². The van der Waals surface area contributed by atoms with Gasteiger partial charge in [0, 0.05) is 43.0 Å². The maximum absolute atomic E-state index is 10.8. The van der Waals surface area contributed by atoms with Crippen molar-refractivity contribution in [2.24, 2.45) is 7.05 Å². The van der Waals surface area contributed by atoms with Crippen LogP contribution in [0.5, 0.6) is 0 Å². The van der Waals surface area contributed by atoms with Gasteiger partial charge in [0.1, 0.15) is 0 Å². The number of piperidine rings is 1. The molecule has 2 aromatic rings. The van der Waals surface area contributed by atoms with Crippen LogP contribution in [-0.2, 0) is 13.6 Å². The lowest BCUT2D eigenvalue weighted by Crippen LogP contribution is -2.32. The number of hydrogen-bond acceptors (Lipinski definition) is 5. The molecule has 0 amide bonds. The van der Waals surface area contributed by atoms with E-state index in [0.29, 0.717) is 0 Å². The molecule has 1 aromatic heterocycles. The first-order valence-corrected chi connectivity index (χ1v) is 9.34. The van der Waals surface area contributed by atoms with Crippen LogP contribution in [0.3, 0.4) is 0 Å². The normalized spacial score (nSPS) is 15.3. The topological polar surface area (TPSA) is 76.2 Å². The van der Waals surface area contributed by atoms with Crippen LogP contribution in [-0.4, -0.2) is 45.8 Å². The number of rotatable bonds is 8. The van der Waals surface area contributed by atoms with Crippen LogP contribution < -0.4 is 5.32 Å². The first-order valence-electron chi connectivity index (χ1n) is 9.34. The molecule has 1 aromatic carbocycles. The Labute approximate surface area is 154 Å². The second-order valence-electron chi connectivity index (χ2n) is 6.91. The minimum atomic E-state index is -0.382. The summed E-state index contributed by atoms with van der Waals surface area (Å²) in [7, 11) is 1.90. The molecule has 1 saturated heterocycles. The Morgan fingerprint density at radius 1 is 1.19 bits per heavy atom. The summed E-state index contributed by atoms with van der Waals surface area (Å²) in [5.74, 6) is 0. The van der Waals surface area contributed by atoms with Crippen molar-refractivity contribution in [3.05, 3.63) is 46.1 Å². The molecule has 26 heavy (non-hydrogen) atoms. The van der Waals surface area contributed by atoms with Crippen LogP contribution in [0.2, 0.25) is 0 Å². The van der Waals surface area contributed by atoms with Crippen molar-refractivity contribution in [1.29, 1.82) is 0 Å². The second-order valence-corrected chi connectivity index (χ2v) is 6.91. The quantitative estimate of drug-likeness (QED) is 0.446. The van der Waals surface area contributed by atoms with E-state index >= 15 is 0 Å². The molecule has 0 atom stereocenters. The van der Waals surface area contributed by atoms with E-state index in [4.69, 9.17) is 0 Å². The summed E-state index contributed by atoms with van der Waals surface area (Å²) in [5, 5.41) is 18.8. The maximum Gasteiger partial charge on any atom is 0.269 e. The molecule has 7 heteroatoms. The van der Waals surface area contributed by atoms with E-state index < -0.39 is 0 Å². The highest BCUT2D eigenvalue weighted by Crippen LogP contribution is 2.24. The smallest absolute Gasteiger partial charge is 0.269 e. The molecular weight excluding hydrogens is 330 g/mol. The third kappa shape index (κ3) is 4.89. The lowest BCUT2D eigenvalue weighted by molar-refractivity contribution is -0.384. The van der Waals surface area contributed by atoms with Gasteiger partial charge in [0.05, 0.1) is 10.6 Å². The van der Waals surface area contributed by atoms with Gasteiger partial charge in [-0.1, -0.05) is 6.42 Å². The molecule has 0 saturated carbocycles. The van der Waals surface area contributed by atoms with Crippen molar-refractivity contribution in [2.45, 2.75) is 32.2 Å². The van der Waals surface area contributed by atoms with Gasteiger partial charge in [-0.05, 0) is 57.6 Å². The Kier molecular flexibility index (Phi) is 6.35. The number of non-ortho nitro benzene ring substituents is 1. The SMILES string of the molecule is Cn1cc(CNCCCN2CCCCC2)c(-c2ccc([N+](=O)[O-])cc2)n1. The largest absolute Gasteiger partial charge is 0.312 e. The second kappa shape index (κ2) is 8.91. The molecule has 0 aliphatic carbocycles. The van der Waals surface area contributed by atoms with Gasteiger partial charge in [0.25, 0.3) is 5.69 Å². The molecule has 0 radical (unpaired) electrons. The van der Waals surface area contributed by atoms with Crippen LogP contribution in [0.1, 0.15) is 31.2 Å². The van der Waals surface area contributed by atoms with Crippen LogP contribution in [0.4, 0.5) is 5.69 Å². The molecule has 7 nitrogen and oxygen atoms in total. The van der Waals surface area contributed by atoms with E-state index in [0.717, 1.165) is 42.9 Å². The average molecular weight is 357 g/mol. The van der Waals surface area contributed by atoms with Crippen LogP contribution >= 0.6 is 0 Å². The van der Waals surface area contributed by atoms with Crippen molar-refractivity contribution < 1.29 is 4.92 Å². The minimum absolute atomic E-state index is 0.0991. The molecule has 1 fully saturated rings. The summed E-state index contributed by atoms with van der Waals surface area (Å²) >= 11 is 0. The van der Waals surface area contributed by atoms with Crippen LogP contribution in [0.25, 0.3) is 11.3 Å². The number of benzene rings is 1. The number of likely N-dealkylation sites (tertiary alicyclic amines) is 1. The van der Waals surface area contributed by atoms with Crippen LogP contribution in [0.15, 0.2) is 30.5 Å². The van der Waals surface area contributed by atoms with E-state index in [9.17, 15) is 10.1 Å². The van der Waals surface area contributed by atoms with Crippen molar-refractivity contribution in [3.8, 4) is 11.3 Å². The van der Waals surface area contributed by atoms with Gasteiger partial charge in [0.2, 0.25) is 0 Å². The molecular formula is C19H27N5O2. The van der Waals surface area contributed by atoms with E-state index in [1.807, 2.05) is 13.2 Å². The first kappa shape index (κ1) is 18.5. The zero-order valence-corrected chi connectivity index (χ0v) is 15.4. The van der Waals surface area contributed by atoms with Gasteiger partial charge >= 0.3 is 0 Å². The highest BCUT2D eigenvalue weighted by Gasteiger charge is 2.12. The minimum Gasteiger partial charge on any atom is -0.312 e. The summed E-state index contributed by atoms with van der Waals surface area (Å²) < 4.78 is 1.79. The lowest BCUT2D eigenvalue weighted by Gasteiger charge is -2.26. The van der Waals surface area contributed by atoms with Gasteiger partial charge in [-0.3, -0.25) is 14.8 Å². The summed E-state index contributed by atoms with van der Waals surface area (Å²) in [6.07, 6.45) is 7.20. The summed E-state index contributed by atoms with van der Waals surface area (Å²) in [4.78, 5) is 13.0. The highest BCUT2D eigenvalue weighted by molar-refractivity contribution is 5.64. The number of nitro benzene ring substituents is 1. The number of hydrogen-bond donors (Lipinski definition) is 1. The molecule has 1 aliphatic rings. The number of nitrogens with one attached hydrogen (secondary N) is 1. The summed E-state index contributed by atoms with van der Waals surface area (Å²) in [6, 6.07) is 6.58. The van der Waals surface area contributed by atoms with E-state index in [-0.39, 0.29) is 10.6 Å². The molecule has 0 spiro atoms. The summed E-state index contributed by atoms with van der Waals surface area (Å²) in [6.45, 7) is 5.38. The Hall–Kier alpha value is -2.25. The fourth-order valence-corrected chi connectivity index (χ4v) is 3.48. The van der Waals surface area contributed by atoms with Crippen LogP contribution in [0, 0.1) is 10.1 Å². The van der Waals surface area contributed by atoms with Gasteiger partial charge < -0.3 is 10.2 Å². The third-order valence-corrected chi connectivity index (χ3v) is 4.85. The van der Waals surface area contributed by atoms with E-state index in [2.05, 4.69) is 15.3 Å². The monoisotopic (exact) mass is 357 g/mol. The predicted octanol–water partition coefficient (Wildman–Crippen LogP) is 2.96. The Morgan fingerprint density at radius 3 is 2.62 bits per heavy atom. The predicted molar refractivity (Wildman–Crippen MR) is 102 cm³/mol. The molecule has 3 rings (SSSR count). The first-order chi connectivity index (χ1) is 12.6. The van der Waals surface area contributed by atoms with E-state index in [1.54, 1.807) is 16.8 Å². The van der Waals surface area contributed by atoms with Gasteiger partial charge in [-0.15, -0.1) is 0 Å². The Balaban J connectivity index is 1.52. The molecule has 0 bridgehead atoms. The highest BCUT2D eigenvalue weighted by atomic mass is 16.6. The van der Waals surface area contributed by atoms with Crippen molar-refractivity contribution in [3.63, 3.8) is 0 Å². The van der Waals surface area contributed by atoms with Crippen molar-refractivity contribution in [1.82, 2.24) is 20.0 Å². The molecule has 140 valence electrons. The van der Waals surface area contributed by atoms with E-state index in [1.165, 1.54) is 44.5 Å².